The quantitative estimate of drug-likeness (QED) is 0.722. The molecule has 0 N–H and O–H groups in total. The van der Waals surface area contributed by atoms with Crippen LogP contribution in [0.4, 0.5) is 4.39 Å². The van der Waals surface area contributed by atoms with Crippen molar-refractivity contribution < 1.29 is 28.1 Å². The van der Waals surface area contributed by atoms with Crippen LogP contribution in [0.3, 0.4) is 0 Å². The molecule has 0 fully saturated rings. The lowest BCUT2D eigenvalue weighted by atomic mass is 10.1. The zero-order valence-corrected chi connectivity index (χ0v) is 14.4. The smallest absolute Gasteiger partial charge is 0.310 e. The van der Waals surface area contributed by atoms with Crippen LogP contribution in [0, 0.1) is 5.82 Å². The van der Waals surface area contributed by atoms with E-state index in [2.05, 4.69) is 15.9 Å². The van der Waals surface area contributed by atoms with E-state index in [4.69, 9.17) is 18.9 Å². The standard InChI is InChI=1S/C17H14BrFO5/c1-21-14-3-2-10(4-13(14)19)5-17(20)22-8-11-6-15-16(7-12(11)18)24-9-23-15/h2-4,6-7H,5,8-9H2,1H3. The summed E-state index contributed by atoms with van der Waals surface area (Å²) in [4.78, 5) is 11.9. The number of carbonyl (C=O) groups excluding carboxylic acids is 1. The van der Waals surface area contributed by atoms with Crippen LogP contribution in [0.2, 0.25) is 0 Å². The average Bonchev–Trinajstić information content (AvgIpc) is 3.00. The molecule has 0 saturated carbocycles. The van der Waals surface area contributed by atoms with Gasteiger partial charge in [-0.1, -0.05) is 22.0 Å². The summed E-state index contributed by atoms with van der Waals surface area (Å²) < 4.78 is 35.0. The van der Waals surface area contributed by atoms with Gasteiger partial charge in [0.25, 0.3) is 0 Å². The number of hydrogen-bond donors (Lipinski definition) is 0. The minimum atomic E-state index is -0.513. The Morgan fingerprint density at radius 3 is 2.71 bits per heavy atom. The number of carbonyl (C=O) groups is 1. The molecule has 0 amide bonds. The second-order valence-corrected chi connectivity index (χ2v) is 5.96. The molecule has 1 heterocycles. The number of hydrogen-bond acceptors (Lipinski definition) is 5. The molecule has 7 heteroatoms. The van der Waals surface area contributed by atoms with Gasteiger partial charge in [0.15, 0.2) is 23.1 Å². The van der Waals surface area contributed by atoms with Crippen LogP contribution in [0.25, 0.3) is 0 Å². The van der Waals surface area contributed by atoms with Gasteiger partial charge in [-0.25, -0.2) is 4.39 Å². The molecule has 1 aliphatic heterocycles. The van der Waals surface area contributed by atoms with Gasteiger partial charge in [-0.05, 0) is 29.8 Å². The van der Waals surface area contributed by atoms with Crippen molar-refractivity contribution in [2.24, 2.45) is 0 Å². The topological polar surface area (TPSA) is 54.0 Å². The fourth-order valence-electron chi connectivity index (χ4n) is 2.27. The van der Waals surface area contributed by atoms with Crippen LogP contribution in [0.1, 0.15) is 11.1 Å². The van der Waals surface area contributed by atoms with Crippen molar-refractivity contribution in [1.82, 2.24) is 0 Å². The molecule has 0 radical (unpaired) electrons. The molecule has 0 aliphatic carbocycles. The van der Waals surface area contributed by atoms with Gasteiger partial charge in [-0.15, -0.1) is 0 Å². The summed E-state index contributed by atoms with van der Waals surface area (Å²) in [6.07, 6.45) is -0.0247. The number of methoxy groups -OCH3 is 1. The van der Waals surface area contributed by atoms with E-state index in [1.54, 1.807) is 18.2 Å². The second-order valence-electron chi connectivity index (χ2n) is 5.10. The maximum Gasteiger partial charge on any atom is 0.310 e. The van der Waals surface area contributed by atoms with E-state index in [9.17, 15) is 9.18 Å². The second kappa shape index (κ2) is 7.09. The summed E-state index contributed by atoms with van der Waals surface area (Å²) in [6.45, 7) is 0.253. The summed E-state index contributed by atoms with van der Waals surface area (Å²) >= 11 is 3.40. The first kappa shape index (κ1) is 16.6. The highest BCUT2D eigenvalue weighted by molar-refractivity contribution is 9.10. The third-order valence-corrected chi connectivity index (χ3v) is 4.23. The molecule has 0 unspecified atom stereocenters. The predicted octanol–water partition coefficient (Wildman–Crippen LogP) is 3.61. The van der Waals surface area contributed by atoms with E-state index in [1.807, 2.05) is 0 Å². The highest BCUT2D eigenvalue weighted by Gasteiger charge is 2.17. The lowest BCUT2D eigenvalue weighted by Gasteiger charge is -2.09. The maximum absolute atomic E-state index is 13.6. The van der Waals surface area contributed by atoms with Crippen LogP contribution in [0.15, 0.2) is 34.8 Å². The number of rotatable bonds is 5. The molecule has 126 valence electrons. The Morgan fingerprint density at radius 1 is 1.25 bits per heavy atom. The molecule has 1 aliphatic rings. The van der Waals surface area contributed by atoms with Gasteiger partial charge in [0.1, 0.15) is 6.61 Å². The van der Waals surface area contributed by atoms with E-state index in [0.29, 0.717) is 17.1 Å². The summed E-state index contributed by atoms with van der Waals surface area (Å²) in [5.74, 6) is 0.425. The first-order chi connectivity index (χ1) is 11.6. The lowest BCUT2D eigenvalue weighted by Crippen LogP contribution is -2.08. The molecule has 0 aromatic heterocycles. The molecule has 2 aromatic carbocycles. The van der Waals surface area contributed by atoms with Crippen molar-refractivity contribution >= 4 is 21.9 Å². The molecule has 5 nitrogen and oxygen atoms in total. The number of ether oxygens (including phenoxy) is 4. The third kappa shape index (κ3) is 3.62. The lowest BCUT2D eigenvalue weighted by molar-refractivity contribution is -0.144. The van der Waals surface area contributed by atoms with Gasteiger partial charge in [0.05, 0.1) is 13.5 Å². The number of benzene rings is 2. The van der Waals surface area contributed by atoms with Crippen molar-refractivity contribution in [3.8, 4) is 17.2 Å². The van der Waals surface area contributed by atoms with Gasteiger partial charge in [0, 0.05) is 10.0 Å². The first-order valence-electron chi connectivity index (χ1n) is 7.13. The zero-order valence-electron chi connectivity index (χ0n) is 12.8. The Morgan fingerprint density at radius 2 is 2.00 bits per heavy atom. The Labute approximate surface area is 146 Å². The van der Waals surface area contributed by atoms with E-state index in [0.717, 1.165) is 10.0 Å². The third-order valence-electron chi connectivity index (χ3n) is 3.49. The van der Waals surface area contributed by atoms with Crippen LogP contribution >= 0.6 is 15.9 Å². The fraction of sp³-hybridized carbons (Fsp3) is 0.235. The Hall–Kier alpha value is -2.28. The van der Waals surface area contributed by atoms with Crippen molar-refractivity contribution in [2.75, 3.05) is 13.9 Å². The molecule has 0 bridgehead atoms. The first-order valence-corrected chi connectivity index (χ1v) is 7.92. The fourth-order valence-corrected chi connectivity index (χ4v) is 2.70. The Kier molecular flexibility index (Phi) is 4.89. The molecular formula is C17H14BrFO5. The monoisotopic (exact) mass is 396 g/mol. The summed E-state index contributed by atoms with van der Waals surface area (Å²) in [7, 11) is 1.38. The SMILES string of the molecule is COc1ccc(CC(=O)OCc2cc3c(cc2Br)OCO3)cc1F. The van der Waals surface area contributed by atoms with E-state index in [-0.39, 0.29) is 25.6 Å². The minimum Gasteiger partial charge on any atom is -0.494 e. The normalized spacial score (nSPS) is 12.1. The van der Waals surface area contributed by atoms with Crippen LogP contribution < -0.4 is 14.2 Å². The number of halogens is 2. The van der Waals surface area contributed by atoms with Crippen LogP contribution in [0.5, 0.6) is 17.2 Å². The Balaban J connectivity index is 1.61. The molecule has 0 spiro atoms. The van der Waals surface area contributed by atoms with E-state index >= 15 is 0 Å². The van der Waals surface area contributed by atoms with E-state index in [1.165, 1.54) is 19.2 Å². The highest BCUT2D eigenvalue weighted by atomic mass is 79.9. The highest BCUT2D eigenvalue weighted by Crippen LogP contribution is 2.37. The molecule has 0 atom stereocenters. The van der Waals surface area contributed by atoms with E-state index < -0.39 is 11.8 Å². The summed E-state index contributed by atoms with van der Waals surface area (Å²) in [6, 6.07) is 7.89. The molecular weight excluding hydrogens is 383 g/mol. The number of esters is 1. The van der Waals surface area contributed by atoms with Crippen molar-refractivity contribution in [3.05, 3.63) is 51.7 Å². The van der Waals surface area contributed by atoms with Crippen molar-refractivity contribution in [3.63, 3.8) is 0 Å². The van der Waals surface area contributed by atoms with Gasteiger partial charge in [-0.3, -0.25) is 4.79 Å². The summed E-state index contributed by atoms with van der Waals surface area (Å²) in [5.41, 5.74) is 1.27. The van der Waals surface area contributed by atoms with Gasteiger partial charge in [-0.2, -0.15) is 0 Å². The number of fused-ring (bicyclic) bond motifs is 1. The van der Waals surface area contributed by atoms with Crippen LogP contribution in [-0.4, -0.2) is 19.9 Å². The molecule has 0 saturated heterocycles. The Bertz CT molecular complexity index is 778. The maximum atomic E-state index is 13.6. The predicted molar refractivity (Wildman–Crippen MR) is 86.7 cm³/mol. The van der Waals surface area contributed by atoms with Gasteiger partial charge in [0.2, 0.25) is 6.79 Å². The molecule has 24 heavy (non-hydrogen) atoms. The molecule has 2 aromatic rings. The summed E-state index contributed by atoms with van der Waals surface area (Å²) in [5, 5.41) is 0. The minimum absolute atomic E-state index is 0.0247. The largest absolute Gasteiger partial charge is 0.494 e. The van der Waals surface area contributed by atoms with Gasteiger partial charge < -0.3 is 18.9 Å². The van der Waals surface area contributed by atoms with Crippen molar-refractivity contribution in [1.29, 1.82) is 0 Å². The van der Waals surface area contributed by atoms with Crippen molar-refractivity contribution in [2.45, 2.75) is 13.0 Å². The van der Waals surface area contributed by atoms with Crippen LogP contribution in [-0.2, 0) is 22.6 Å². The van der Waals surface area contributed by atoms with Gasteiger partial charge >= 0.3 is 5.97 Å². The molecule has 3 rings (SSSR count). The zero-order chi connectivity index (χ0) is 17.1. The average molecular weight is 397 g/mol.